The van der Waals surface area contributed by atoms with Gasteiger partial charge in [0.25, 0.3) is 10.0 Å². The minimum absolute atomic E-state index is 0.00704. The minimum atomic E-state index is -4.38. The highest BCUT2D eigenvalue weighted by molar-refractivity contribution is 7.92. The predicted molar refractivity (Wildman–Crippen MR) is 147 cm³/mol. The third-order valence-electron chi connectivity index (χ3n) is 5.74. The highest BCUT2D eigenvalue weighted by Gasteiger charge is 2.24. The van der Waals surface area contributed by atoms with Gasteiger partial charge < -0.3 is 5.32 Å². The smallest absolute Gasteiger partial charge is 0.263 e. The molecule has 3 aromatic carbocycles. The van der Waals surface area contributed by atoms with Crippen molar-refractivity contribution >= 4 is 72.5 Å². The summed E-state index contributed by atoms with van der Waals surface area (Å²) in [6.45, 7) is 0. The Morgan fingerprint density at radius 2 is 1.57 bits per heavy atom. The third kappa shape index (κ3) is 4.63. The number of rotatable bonds is 6. The zero-order chi connectivity index (χ0) is 28.0. The van der Waals surface area contributed by atoms with Gasteiger partial charge in [0.15, 0.2) is 17.5 Å². The van der Waals surface area contributed by atoms with E-state index in [2.05, 4.69) is 35.2 Å². The lowest BCUT2D eigenvalue weighted by Gasteiger charge is -2.15. The average Bonchev–Trinajstić information content (AvgIpc) is 3.38. The van der Waals surface area contributed by atoms with Crippen LogP contribution in [0.2, 0.25) is 10.0 Å². The summed E-state index contributed by atoms with van der Waals surface area (Å²) in [5.41, 5.74) is 0.610. The Kier molecular flexibility index (Phi) is 6.41. The zero-order valence-electron chi connectivity index (χ0n) is 19.8. The van der Waals surface area contributed by atoms with Gasteiger partial charge in [0.05, 0.1) is 21.2 Å². The molecule has 6 rings (SSSR count). The molecular weight excluding hydrogens is 585 g/mol. The van der Waals surface area contributed by atoms with Crippen LogP contribution in [0.3, 0.4) is 0 Å². The van der Waals surface area contributed by atoms with Crippen LogP contribution in [0.15, 0.2) is 78.0 Å². The highest BCUT2D eigenvalue weighted by Crippen LogP contribution is 2.34. The van der Waals surface area contributed by atoms with Gasteiger partial charge in [0.1, 0.15) is 39.3 Å². The van der Waals surface area contributed by atoms with Crippen LogP contribution in [-0.2, 0) is 10.0 Å². The summed E-state index contributed by atoms with van der Waals surface area (Å²) in [6.07, 6.45) is 1.19. The summed E-state index contributed by atoms with van der Waals surface area (Å²) in [7, 11) is -4.38. The molecule has 0 fully saturated rings. The molecule has 0 amide bonds. The van der Waals surface area contributed by atoms with Crippen LogP contribution in [0.1, 0.15) is 0 Å². The van der Waals surface area contributed by atoms with E-state index < -0.39 is 33.0 Å². The molecule has 2 N–H and O–H groups in total. The summed E-state index contributed by atoms with van der Waals surface area (Å²) in [4.78, 5) is 13.7. The fraction of sp³-hybridized carbons (Fsp3) is 0. The SMILES string of the molecule is O=S(=O)(Nc1ccc(F)c(Nc2ncnc3ccc(-n4nc5ccccc5n4)nc23)c1F)c1cccc(Cl)c1Cl. The van der Waals surface area contributed by atoms with Crippen molar-refractivity contribution in [1.29, 1.82) is 0 Å². The van der Waals surface area contributed by atoms with E-state index in [4.69, 9.17) is 23.2 Å². The molecule has 3 aromatic heterocycles. The second-order valence-corrected chi connectivity index (χ2v) is 10.7. The molecule has 0 unspecified atom stereocenters. The molecule has 3 heterocycles. The van der Waals surface area contributed by atoms with Crippen molar-refractivity contribution in [3.63, 3.8) is 0 Å². The molecular formula is C25H14Cl2F2N8O2S. The van der Waals surface area contributed by atoms with E-state index in [9.17, 15) is 12.8 Å². The van der Waals surface area contributed by atoms with Gasteiger partial charge >= 0.3 is 0 Å². The van der Waals surface area contributed by atoms with E-state index in [1.54, 1.807) is 24.3 Å². The first-order valence-electron chi connectivity index (χ1n) is 11.4. The molecule has 0 aliphatic rings. The first kappa shape index (κ1) is 25.8. The third-order valence-corrected chi connectivity index (χ3v) is 8.08. The predicted octanol–water partition coefficient (Wildman–Crippen LogP) is 5.89. The number of nitrogens with zero attached hydrogens (tertiary/aromatic N) is 6. The Bertz CT molecular complexity index is 2020. The molecule has 0 saturated heterocycles. The second kappa shape index (κ2) is 9.93. The standard InChI is InChI=1S/C25H14Cl2F2N8O2S/c26-13-4-3-7-19(21(13)27)40(38,39)36-17-9-8-14(28)23(22(17)29)33-25-24-18(30-12-31-25)10-11-20(32-24)37-34-15-5-1-2-6-16(15)35-37/h1-12,36H,(H,30,31,33). The minimum Gasteiger partial charge on any atom is -0.333 e. The van der Waals surface area contributed by atoms with E-state index in [0.29, 0.717) is 22.4 Å². The van der Waals surface area contributed by atoms with Crippen molar-refractivity contribution in [3.05, 3.63) is 94.7 Å². The number of aromatic nitrogens is 6. The fourth-order valence-electron chi connectivity index (χ4n) is 3.85. The maximum absolute atomic E-state index is 15.5. The Morgan fingerprint density at radius 3 is 2.33 bits per heavy atom. The van der Waals surface area contributed by atoms with Crippen molar-refractivity contribution in [3.8, 4) is 5.82 Å². The zero-order valence-corrected chi connectivity index (χ0v) is 22.2. The lowest BCUT2D eigenvalue weighted by atomic mass is 10.2. The molecule has 0 aliphatic carbocycles. The van der Waals surface area contributed by atoms with Gasteiger partial charge in [0, 0.05) is 0 Å². The average molecular weight is 599 g/mol. The van der Waals surface area contributed by atoms with Crippen molar-refractivity contribution in [1.82, 2.24) is 29.9 Å². The number of halogens is 4. The Balaban J connectivity index is 1.38. The van der Waals surface area contributed by atoms with E-state index in [1.165, 1.54) is 29.3 Å². The van der Waals surface area contributed by atoms with E-state index in [0.717, 1.165) is 12.1 Å². The van der Waals surface area contributed by atoms with Crippen molar-refractivity contribution in [2.75, 3.05) is 10.0 Å². The van der Waals surface area contributed by atoms with Crippen LogP contribution >= 0.6 is 23.2 Å². The van der Waals surface area contributed by atoms with E-state index >= 15 is 4.39 Å². The van der Waals surface area contributed by atoms with Gasteiger partial charge in [0.2, 0.25) is 0 Å². The van der Waals surface area contributed by atoms with Gasteiger partial charge in [-0.05, 0) is 48.5 Å². The molecule has 0 bridgehead atoms. The summed E-state index contributed by atoms with van der Waals surface area (Å²) in [5, 5.41) is 11.1. The molecule has 0 aliphatic heterocycles. The van der Waals surface area contributed by atoms with E-state index in [-0.39, 0.29) is 26.3 Å². The second-order valence-electron chi connectivity index (χ2n) is 8.30. The van der Waals surface area contributed by atoms with Crippen molar-refractivity contribution in [2.45, 2.75) is 4.90 Å². The molecule has 200 valence electrons. The molecule has 40 heavy (non-hydrogen) atoms. The molecule has 0 spiro atoms. The summed E-state index contributed by atoms with van der Waals surface area (Å²) in [5.74, 6) is -1.98. The number of fused-ring (bicyclic) bond motifs is 2. The lowest BCUT2D eigenvalue weighted by molar-refractivity contribution is 0.588. The molecule has 15 heteroatoms. The number of anilines is 3. The summed E-state index contributed by atoms with van der Waals surface area (Å²) >= 11 is 12.0. The molecule has 0 saturated carbocycles. The number of hydrogen-bond acceptors (Lipinski definition) is 8. The van der Waals surface area contributed by atoms with Gasteiger partial charge in [-0.1, -0.05) is 41.4 Å². The molecule has 0 atom stereocenters. The number of benzene rings is 3. The maximum Gasteiger partial charge on any atom is 0.263 e. The normalized spacial score (nSPS) is 11.7. The quantitative estimate of drug-likeness (QED) is 0.243. The largest absolute Gasteiger partial charge is 0.333 e. The summed E-state index contributed by atoms with van der Waals surface area (Å²) in [6, 6.07) is 16.3. The number of pyridine rings is 1. The first-order valence-corrected chi connectivity index (χ1v) is 13.6. The monoisotopic (exact) mass is 598 g/mol. The topological polar surface area (TPSA) is 128 Å². The van der Waals surface area contributed by atoms with Crippen LogP contribution < -0.4 is 10.0 Å². The van der Waals surface area contributed by atoms with Crippen molar-refractivity contribution in [2.24, 2.45) is 0 Å². The highest BCUT2D eigenvalue weighted by atomic mass is 35.5. The number of sulfonamides is 1. The Morgan fingerprint density at radius 1 is 0.825 bits per heavy atom. The molecule has 10 nitrogen and oxygen atoms in total. The molecule has 0 radical (unpaired) electrons. The first-order chi connectivity index (χ1) is 19.2. The van der Waals surface area contributed by atoms with E-state index in [1.807, 2.05) is 12.1 Å². The van der Waals surface area contributed by atoms with Gasteiger partial charge in [-0.15, -0.1) is 15.0 Å². The van der Waals surface area contributed by atoms with Crippen LogP contribution in [0.25, 0.3) is 27.9 Å². The van der Waals surface area contributed by atoms with Gasteiger partial charge in [-0.25, -0.2) is 32.2 Å². The summed E-state index contributed by atoms with van der Waals surface area (Å²) < 4.78 is 58.3. The number of nitrogens with one attached hydrogen (secondary N) is 2. The molecule has 6 aromatic rings. The van der Waals surface area contributed by atoms with Crippen LogP contribution in [-0.4, -0.2) is 38.4 Å². The fourth-order valence-corrected chi connectivity index (χ4v) is 5.67. The lowest BCUT2D eigenvalue weighted by Crippen LogP contribution is -2.15. The van der Waals surface area contributed by atoms with Crippen molar-refractivity contribution < 1.29 is 17.2 Å². The Hall–Kier alpha value is -4.46. The van der Waals surface area contributed by atoms with Crippen LogP contribution in [0.4, 0.5) is 26.0 Å². The van der Waals surface area contributed by atoms with Crippen LogP contribution in [0.5, 0.6) is 0 Å². The van der Waals surface area contributed by atoms with Crippen LogP contribution in [0, 0.1) is 11.6 Å². The maximum atomic E-state index is 15.5. The van der Waals surface area contributed by atoms with Gasteiger partial charge in [-0.2, -0.15) is 0 Å². The number of hydrogen-bond donors (Lipinski definition) is 2. The van der Waals surface area contributed by atoms with Gasteiger partial charge in [-0.3, -0.25) is 4.72 Å². The Labute approximate surface area is 234 Å².